The topological polar surface area (TPSA) is 30.7 Å². The molecule has 3 nitrogen and oxygen atoms in total. The first-order valence-electron chi connectivity index (χ1n) is 4.37. The molecule has 1 aliphatic rings. The minimum absolute atomic E-state index is 0.554. The monoisotopic (exact) mass is 163 g/mol. The lowest BCUT2D eigenvalue weighted by Gasteiger charge is -2.22. The van der Waals surface area contributed by atoms with Crippen molar-refractivity contribution in [2.75, 3.05) is 0 Å². The number of nitrogens with zero attached hydrogens (tertiary/aromatic N) is 3. The van der Waals surface area contributed by atoms with Crippen LogP contribution in [0.4, 0.5) is 0 Å². The molecule has 0 aromatic carbocycles. The molecule has 3 heteroatoms. The minimum atomic E-state index is 0.554. The summed E-state index contributed by atoms with van der Waals surface area (Å²) in [6.45, 7) is 3.98. The van der Waals surface area contributed by atoms with Gasteiger partial charge in [-0.05, 0) is 25.7 Å². The van der Waals surface area contributed by atoms with Gasteiger partial charge in [-0.15, -0.1) is 0 Å². The van der Waals surface area contributed by atoms with E-state index in [0.29, 0.717) is 6.04 Å². The van der Waals surface area contributed by atoms with Crippen molar-refractivity contribution in [1.29, 1.82) is 0 Å². The molecule has 0 spiro atoms. The van der Waals surface area contributed by atoms with Crippen LogP contribution >= 0.6 is 0 Å². The number of allylic oxidation sites excluding steroid dienone is 1. The van der Waals surface area contributed by atoms with Gasteiger partial charge in [-0.2, -0.15) is 5.10 Å². The first-order valence-corrected chi connectivity index (χ1v) is 4.37. The van der Waals surface area contributed by atoms with Crippen LogP contribution in [0.15, 0.2) is 24.8 Å². The van der Waals surface area contributed by atoms with Crippen LogP contribution in [0.2, 0.25) is 0 Å². The van der Waals surface area contributed by atoms with Gasteiger partial charge in [0.1, 0.15) is 12.7 Å². The number of hydrogen-bond donors (Lipinski definition) is 0. The second-order valence-electron chi connectivity index (χ2n) is 3.36. The second kappa shape index (κ2) is 3.09. The molecule has 0 saturated heterocycles. The molecule has 1 saturated carbocycles. The van der Waals surface area contributed by atoms with E-state index in [1.165, 1.54) is 18.4 Å². The first kappa shape index (κ1) is 7.53. The van der Waals surface area contributed by atoms with E-state index in [9.17, 15) is 0 Å². The Morgan fingerprint density at radius 1 is 1.42 bits per heavy atom. The number of hydrogen-bond acceptors (Lipinski definition) is 2. The van der Waals surface area contributed by atoms with Crippen molar-refractivity contribution in [1.82, 2.24) is 14.8 Å². The van der Waals surface area contributed by atoms with E-state index in [1.54, 1.807) is 12.7 Å². The van der Waals surface area contributed by atoms with E-state index in [4.69, 9.17) is 0 Å². The normalized spacial score (nSPS) is 19.8. The standard InChI is InChI=1S/C9H13N3/c1-8-2-4-9(5-3-8)12-7-10-6-11-12/h6-7,9H,1-5H2. The molecule has 64 valence electrons. The largest absolute Gasteiger partial charge is 0.250 e. The molecular weight excluding hydrogens is 150 g/mol. The van der Waals surface area contributed by atoms with Gasteiger partial charge in [0.25, 0.3) is 0 Å². The molecule has 0 unspecified atom stereocenters. The molecule has 0 radical (unpaired) electrons. The summed E-state index contributed by atoms with van der Waals surface area (Å²) < 4.78 is 1.96. The van der Waals surface area contributed by atoms with Gasteiger partial charge in [-0.3, -0.25) is 0 Å². The van der Waals surface area contributed by atoms with E-state index in [-0.39, 0.29) is 0 Å². The van der Waals surface area contributed by atoms with E-state index >= 15 is 0 Å². The molecule has 1 aromatic rings. The average molecular weight is 163 g/mol. The van der Waals surface area contributed by atoms with Gasteiger partial charge < -0.3 is 0 Å². The highest BCUT2D eigenvalue weighted by molar-refractivity contribution is 4.99. The summed E-state index contributed by atoms with van der Waals surface area (Å²) in [4.78, 5) is 3.95. The molecule has 1 aliphatic carbocycles. The quantitative estimate of drug-likeness (QED) is 0.592. The Labute approximate surface area is 72.1 Å². The van der Waals surface area contributed by atoms with E-state index in [1.807, 2.05) is 4.68 Å². The third-order valence-electron chi connectivity index (χ3n) is 2.47. The lowest BCUT2D eigenvalue weighted by molar-refractivity contribution is 0.368. The van der Waals surface area contributed by atoms with Crippen LogP contribution in [0.3, 0.4) is 0 Å². The van der Waals surface area contributed by atoms with Crippen molar-refractivity contribution in [2.45, 2.75) is 31.7 Å². The number of aromatic nitrogens is 3. The predicted molar refractivity (Wildman–Crippen MR) is 46.7 cm³/mol. The summed E-state index contributed by atoms with van der Waals surface area (Å²) in [7, 11) is 0. The molecule has 0 atom stereocenters. The van der Waals surface area contributed by atoms with Crippen LogP contribution < -0.4 is 0 Å². The minimum Gasteiger partial charge on any atom is -0.250 e. The summed E-state index contributed by atoms with van der Waals surface area (Å²) in [6.07, 6.45) is 8.03. The fourth-order valence-electron chi connectivity index (χ4n) is 1.68. The molecule has 0 amide bonds. The van der Waals surface area contributed by atoms with Crippen LogP contribution in [0.25, 0.3) is 0 Å². The van der Waals surface area contributed by atoms with E-state index in [2.05, 4.69) is 16.7 Å². The highest BCUT2D eigenvalue weighted by Gasteiger charge is 2.16. The fourth-order valence-corrected chi connectivity index (χ4v) is 1.68. The third kappa shape index (κ3) is 1.40. The van der Waals surface area contributed by atoms with Gasteiger partial charge in [-0.25, -0.2) is 9.67 Å². The molecular formula is C9H13N3. The van der Waals surface area contributed by atoms with Crippen molar-refractivity contribution >= 4 is 0 Å². The molecule has 0 N–H and O–H groups in total. The maximum absolute atomic E-state index is 4.14. The van der Waals surface area contributed by atoms with Gasteiger partial charge >= 0.3 is 0 Å². The summed E-state index contributed by atoms with van der Waals surface area (Å²) in [6, 6.07) is 0.554. The van der Waals surface area contributed by atoms with Crippen LogP contribution in [0.1, 0.15) is 31.7 Å². The Balaban J connectivity index is 2.03. The average Bonchev–Trinajstić information content (AvgIpc) is 2.58. The Bertz CT molecular complexity index is 253. The molecule has 0 aliphatic heterocycles. The first-order chi connectivity index (χ1) is 5.86. The SMILES string of the molecule is C=C1CCC(n2cncn2)CC1. The number of rotatable bonds is 1. The Hall–Kier alpha value is -1.12. The van der Waals surface area contributed by atoms with Crippen LogP contribution in [0.5, 0.6) is 0 Å². The molecule has 2 rings (SSSR count). The summed E-state index contributed by atoms with van der Waals surface area (Å²) in [5.74, 6) is 0. The smallest absolute Gasteiger partial charge is 0.137 e. The zero-order valence-electron chi connectivity index (χ0n) is 7.11. The summed E-state index contributed by atoms with van der Waals surface area (Å²) >= 11 is 0. The van der Waals surface area contributed by atoms with E-state index in [0.717, 1.165) is 12.8 Å². The zero-order valence-corrected chi connectivity index (χ0v) is 7.11. The summed E-state index contributed by atoms with van der Waals surface area (Å²) in [5, 5.41) is 4.14. The Kier molecular flexibility index (Phi) is 1.94. The molecule has 1 fully saturated rings. The van der Waals surface area contributed by atoms with Crippen molar-refractivity contribution < 1.29 is 0 Å². The maximum atomic E-state index is 4.14. The van der Waals surface area contributed by atoms with Gasteiger partial charge in [0.15, 0.2) is 0 Å². The van der Waals surface area contributed by atoms with Crippen molar-refractivity contribution in [2.24, 2.45) is 0 Å². The Morgan fingerprint density at radius 3 is 2.75 bits per heavy atom. The molecule has 0 bridgehead atoms. The van der Waals surface area contributed by atoms with Gasteiger partial charge in [0, 0.05) is 0 Å². The van der Waals surface area contributed by atoms with Gasteiger partial charge in [0.2, 0.25) is 0 Å². The van der Waals surface area contributed by atoms with Crippen molar-refractivity contribution in [3.63, 3.8) is 0 Å². The van der Waals surface area contributed by atoms with Crippen molar-refractivity contribution in [3.8, 4) is 0 Å². The second-order valence-corrected chi connectivity index (χ2v) is 3.36. The third-order valence-corrected chi connectivity index (χ3v) is 2.47. The lowest BCUT2D eigenvalue weighted by atomic mass is 9.92. The fraction of sp³-hybridized carbons (Fsp3) is 0.556. The van der Waals surface area contributed by atoms with Crippen molar-refractivity contribution in [3.05, 3.63) is 24.8 Å². The highest BCUT2D eigenvalue weighted by Crippen LogP contribution is 2.29. The molecule has 1 heterocycles. The Morgan fingerprint density at radius 2 is 2.17 bits per heavy atom. The van der Waals surface area contributed by atoms with Crippen LogP contribution in [-0.4, -0.2) is 14.8 Å². The van der Waals surface area contributed by atoms with Crippen LogP contribution in [0, 0.1) is 0 Å². The summed E-state index contributed by atoms with van der Waals surface area (Å²) in [5.41, 5.74) is 1.38. The zero-order chi connectivity index (χ0) is 8.39. The van der Waals surface area contributed by atoms with Gasteiger partial charge in [0.05, 0.1) is 6.04 Å². The lowest BCUT2D eigenvalue weighted by Crippen LogP contribution is -2.13. The highest BCUT2D eigenvalue weighted by atomic mass is 15.3. The maximum Gasteiger partial charge on any atom is 0.137 e. The van der Waals surface area contributed by atoms with E-state index < -0.39 is 0 Å². The predicted octanol–water partition coefficient (Wildman–Crippen LogP) is 1.95. The molecule has 1 aromatic heterocycles. The van der Waals surface area contributed by atoms with Crippen LogP contribution in [-0.2, 0) is 0 Å². The molecule has 12 heavy (non-hydrogen) atoms. The van der Waals surface area contributed by atoms with Gasteiger partial charge in [-0.1, -0.05) is 12.2 Å².